The molecule has 0 saturated carbocycles. The molecule has 0 radical (unpaired) electrons. The van der Waals surface area contributed by atoms with Crippen LogP contribution in [0.15, 0.2) is 0 Å². The zero-order valence-electron chi connectivity index (χ0n) is 9.61. The molecule has 1 aliphatic heterocycles. The molecule has 4 heteroatoms. The highest BCUT2D eigenvalue weighted by Crippen LogP contribution is 2.18. The van der Waals surface area contributed by atoms with Gasteiger partial charge in [0.1, 0.15) is 0 Å². The standard InChI is InChI=1S/C11H21NO2S/c1-9-3-5-12(6-4-9)11(14)8-15-10(2)7-13/h9-10,13H,3-8H2,1-2H3. The van der Waals surface area contributed by atoms with Gasteiger partial charge in [0.15, 0.2) is 0 Å². The largest absolute Gasteiger partial charge is 0.395 e. The zero-order chi connectivity index (χ0) is 11.3. The highest BCUT2D eigenvalue weighted by Gasteiger charge is 2.20. The molecular weight excluding hydrogens is 210 g/mol. The summed E-state index contributed by atoms with van der Waals surface area (Å²) in [5.74, 6) is 1.50. The van der Waals surface area contributed by atoms with Crippen molar-refractivity contribution in [3.8, 4) is 0 Å². The minimum atomic E-state index is 0.148. The van der Waals surface area contributed by atoms with Crippen LogP contribution in [0.3, 0.4) is 0 Å². The van der Waals surface area contributed by atoms with Gasteiger partial charge in [-0.1, -0.05) is 13.8 Å². The molecule has 1 saturated heterocycles. The molecular formula is C11H21NO2S. The van der Waals surface area contributed by atoms with E-state index in [-0.39, 0.29) is 17.8 Å². The van der Waals surface area contributed by atoms with Crippen molar-refractivity contribution in [3.05, 3.63) is 0 Å². The minimum Gasteiger partial charge on any atom is -0.395 e. The quantitative estimate of drug-likeness (QED) is 0.794. The second-order valence-electron chi connectivity index (χ2n) is 4.37. The smallest absolute Gasteiger partial charge is 0.232 e. The molecule has 1 heterocycles. The maximum atomic E-state index is 11.7. The Kier molecular flexibility index (Phi) is 5.47. The minimum absolute atomic E-state index is 0.148. The SMILES string of the molecule is CC1CCN(C(=O)CSC(C)CO)CC1. The van der Waals surface area contributed by atoms with Crippen molar-refractivity contribution < 1.29 is 9.90 Å². The molecule has 88 valence electrons. The molecule has 0 spiro atoms. The van der Waals surface area contributed by atoms with Crippen molar-refractivity contribution >= 4 is 17.7 Å². The van der Waals surface area contributed by atoms with E-state index in [1.165, 1.54) is 11.8 Å². The van der Waals surface area contributed by atoms with Gasteiger partial charge in [0.05, 0.1) is 12.4 Å². The van der Waals surface area contributed by atoms with Crippen LogP contribution in [0.2, 0.25) is 0 Å². The lowest BCUT2D eigenvalue weighted by molar-refractivity contribution is -0.129. The van der Waals surface area contributed by atoms with Crippen molar-refractivity contribution in [2.45, 2.75) is 31.9 Å². The Morgan fingerprint density at radius 2 is 2.13 bits per heavy atom. The molecule has 3 nitrogen and oxygen atoms in total. The third-order valence-electron chi connectivity index (χ3n) is 2.88. The first-order chi connectivity index (χ1) is 7.13. The predicted octanol–water partition coefficient (Wildman–Crippen LogP) is 1.36. The number of aliphatic hydroxyl groups excluding tert-OH is 1. The molecule has 1 aliphatic rings. The number of carbonyl (C=O) groups excluding carboxylic acids is 1. The topological polar surface area (TPSA) is 40.5 Å². The summed E-state index contributed by atoms with van der Waals surface area (Å²) in [6, 6.07) is 0. The number of likely N-dealkylation sites (tertiary alicyclic amines) is 1. The molecule has 1 fully saturated rings. The van der Waals surface area contributed by atoms with Crippen molar-refractivity contribution in [1.29, 1.82) is 0 Å². The number of aliphatic hydroxyl groups is 1. The molecule has 0 aliphatic carbocycles. The molecule has 0 aromatic rings. The summed E-state index contributed by atoms with van der Waals surface area (Å²) in [4.78, 5) is 13.7. The number of thioether (sulfide) groups is 1. The predicted molar refractivity (Wildman–Crippen MR) is 64.0 cm³/mol. The van der Waals surface area contributed by atoms with Crippen LogP contribution in [0.25, 0.3) is 0 Å². The zero-order valence-corrected chi connectivity index (χ0v) is 10.4. The van der Waals surface area contributed by atoms with Gasteiger partial charge < -0.3 is 10.0 Å². The summed E-state index contributed by atoms with van der Waals surface area (Å²) in [6.45, 7) is 6.15. The Morgan fingerprint density at radius 1 is 1.53 bits per heavy atom. The van der Waals surface area contributed by atoms with Crippen LogP contribution in [0.5, 0.6) is 0 Å². The first-order valence-corrected chi connectivity index (χ1v) is 6.68. The Balaban J connectivity index is 2.22. The second kappa shape index (κ2) is 6.38. The van der Waals surface area contributed by atoms with Gasteiger partial charge in [0.25, 0.3) is 0 Å². The normalized spacial score (nSPS) is 20.3. The van der Waals surface area contributed by atoms with E-state index in [2.05, 4.69) is 6.92 Å². The number of carbonyl (C=O) groups is 1. The van der Waals surface area contributed by atoms with Crippen molar-refractivity contribution in [3.63, 3.8) is 0 Å². The second-order valence-corrected chi connectivity index (χ2v) is 5.79. The van der Waals surface area contributed by atoms with Gasteiger partial charge in [-0.25, -0.2) is 0 Å². The molecule has 1 atom stereocenters. The summed E-state index contributed by atoms with van der Waals surface area (Å²) < 4.78 is 0. The average molecular weight is 231 g/mol. The first-order valence-electron chi connectivity index (χ1n) is 5.63. The van der Waals surface area contributed by atoms with Crippen LogP contribution in [0.4, 0.5) is 0 Å². The van der Waals surface area contributed by atoms with E-state index in [0.717, 1.165) is 31.8 Å². The number of piperidine rings is 1. The molecule has 1 N–H and O–H groups in total. The lowest BCUT2D eigenvalue weighted by atomic mass is 9.99. The van der Waals surface area contributed by atoms with E-state index in [1.807, 2.05) is 11.8 Å². The maximum Gasteiger partial charge on any atom is 0.232 e. The summed E-state index contributed by atoms with van der Waals surface area (Å²) in [6.07, 6.45) is 2.26. The van der Waals surface area contributed by atoms with E-state index < -0.39 is 0 Å². The molecule has 0 aromatic heterocycles. The number of amides is 1. The van der Waals surface area contributed by atoms with Crippen molar-refractivity contribution in [2.75, 3.05) is 25.4 Å². The summed E-state index contributed by atoms with van der Waals surface area (Å²) in [5, 5.41) is 9.01. The lowest BCUT2D eigenvalue weighted by Crippen LogP contribution is -2.39. The summed E-state index contributed by atoms with van der Waals surface area (Å²) in [5.41, 5.74) is 0. The first kappa shape index (κ1) is 12.8. The van der Waals surface area contributed by atoms with E-state index in [0.29, 0.717) is 5.75 Å². The van der Waals surface area contributed by atoms with Crippen molar-refractivity contribution in [1.82, 2.24) is 4.90 Å². The number of rotatable bonds is 4. The fourth-order valence-electron chi connectivity index (χ4n) is 1.62. The number of nitrogens with zero attached hydrogens (tertiary/aromatic N) is 1. The highest BCUT2D eigenvalue weighted by atomic mass is 32.2. The summed E-state index contributed by atoms with van der Waals surface area (Å²) >= 11 is 1.54. The third kappa shape index (κ3) is 4.43. The van der Waals surface area contributed by atoms with Gasteiger partial charge in [0.2, 0.25) is 5.91 Å². The molecule has 1 unspecified atom stereocenters. The molecule has 0 bridgehead atoms. The van der Waals surface area contributed by atoms with Gasteiger partial charge in [0, 0.05) is 18.3 Å². The molecule has 1 rings (SSSR count). The van der Waals surface area contributed by atoms with Crippen LogP contribution in [-0.4, -0.2) is 46.6 Å². The fraction of sp³-hybridized carbons (Fsp3) is 0.909. The highest BCUT2D eigenvalue weighted by molar-refractivity contribution is 8.00. The average Bonchev–Trinajstić information content (AvgIpc) is 2.26. The molecule has 1 amide bonds. The number of hydrogen-bond acceptors (Lipinski definition) is 3. The van der Waals surface area contributed by atoms with Crippen LogP contribution >= 0.6 is 11.8 Å². The van der Waals surface area contributed by atoms with E-state index in [9.17, 15) is 4.79 Å². The van der Waals surface area contributed by atoms with Gasteiger partial charge >= 0.3 is 0 Å². The van der Waals surface area contributed by atoms with Gasteiger partial charge in [-0.3, -0.25) is 4.79 Å². The van der Waals surface area contributed by atoms with E-state index in [1.54, 1.807) is 0 Å². The lowest BCUT2D eigenvalue weighted by Gasteiger charge is -2.30. The Morgan fingerprint density at radius 3 is 2.67 bits per heavy atom. The van der Waals surface area contributed by atoms with E-state index in [4.69, 9.17) is 5.11 Å². The van der Waals surface area contributed by atoms with E-state index >= 15 is 0 Å². The van der Waals surface area contributed by atoms with Gasteiger partial charge in [-0.05, 0) is 18.8 Å². The third-order valence-corrected chi connectivity index (χ3v) is 4.02. The summed E-state index contributed by atoms with van der Waals surface area (Å²) in [7, 11) is 0. The van der Waals surface area contributed by atoms with Crippen LogP contribution in [-0.2, 0) is 4.79 Å². The van der Waals surface area contributed by atoms with Crippen molar-refractivity contribution in [2.24, 2.45) is 5.92 Å². The fourth-order valence-corrected chi connectivity index (χ4v) is 2.33. The van der Waals surface area contributed by atoms with Crippen LogP contribution < -0.4 is 0 Å². The van der Waals surface area contributed by atoms with Gasteiger partial charge in [-0.15, -0.1) is 11.8 Å². The Hall–Kier alpha value is -0.220. The Labute approximate surface area is 96.2 Å². The number of hydrogen-bond donors (Lipinski definition) is 1. The molecule has 15 heavy (non-hydrogen) atoms. The monoisotopic (exact) mass is 231 g/mol. The van der Waals surface area contributed by atoms with Gasteiger partial charge in [-0.2, -0.15) is 0 Å². The molecule has 0 aromatic carbocycles. The van der Waals surface area contributed by atoms with Crippen LogP contribution in [0, 0.1) is 5.92 Å². The Bertz CT molecular complexity index is 203. The van der Waals surface area contributed by atoms with Crippen LogP contribution in [0.1, 0.15) is 26.7 Å². The maximum absolute atomic E-state index is 11.7.